The molecule has 2 aromatic rings. The van der Waals surface area contributed by atoms with Crippen molar-refractivity contribution in [2.24, 2.45) is 0 Å². The zero-order valence-corrected chi connectivity index (χ0v) is 17.3. The van der Waals surface area contributed by atoms with Crippen molar-refractivity contribution in [2.75, 3.05) is 31.1 Å². The van der Waals surface area contributed by atoms with Crippen molar-refractivity contribution >= 4 is 21.4 Å². The van der Waals surface area contributed by atoms with Gasteiger partial charge in [0.25, 0.3) is 0 Å². The Labute approximate surface area is 165 Å². The molecular weight excluding hydrogens is 358 g/mol. The van der Waals surface area contributed by atoms with E-state index >= 15 is 0 Å². The van der Waals surface area contributed by atoms with Crippen molar-refractivity contribution < 1.29 is 4.74 Å². The van der Waals surface area contributed by atoms with Gasteiger partial charge in [-0.3, -0.25) is 4.90 Å². The number of fused-ring (bicyclic) bond motifs is 1. The van der Waals surface area contributed by atoms with Crippen LogP contribution in [0, 0.1) is 0 Å². The largest absolute Gasteiger partial charge is 0.373 e. The zero-order chi connectivity index (χ0) is 18.4. The van der Waals surface area contributed by atoms with Crippen LogP contribution in [0.2, 0.25) is 0 Å². The van der Waals surface area contributed by atoms with Crippen LogP contribution in [-0.2, 0) is 4.74 Å². The Bertz CT molecular complexity index is 741. The van der Waals surface area contributed by atoms with Gasteiger partial charge in [0, 0.05) is 38.1 Å². The Kier molecular flexibility index (Phi) is 4.86. The van der Waals surface area contributed by atoms with Crippen LogP contribution in [0.15, 0.2) is 6.20 Å². The Morgan fingerprint density at radius 3 is 2.63 bits per heavy atom. The lowest BCUT2D eigenvalue weighted by Gasteiger charge is -2.38. The SMILES string of the molecule is CC1CN(CC2CCCN2c2nn3cc(C4CCCC4)nc3s2)CC(C)O1. The third-order valence-electron chi connectivity index (χ3n) is 6.41. The van der Waals surface area contributed by atoms with E-state index in [1.165, 1.54) is 44.2 Å². The molecule has 27 heavy (non-hydrogen) atoms. The van der Waals surface area contributed by atoms with Crippen LogP contribution in [0.1, 0.15) is 64.0 Å². The fourth-order valence-electron chi connectivity index (χ4n) is 5.25. The van der Waals surface area contributed by atoms with Crippen molar-refractivity contribution in [3.05, 3.63) is 11.9 Å². The molecule has 0 bridgehead atoms. The van der Waals surface area contributed by atoms with Crippen molar-refractivity contribution in [1.82, 2.24) is 19.5 Å². The lowest BCUT2D eigenvalue weighted by atomic mass is 10.1. The first-order valence-corrected chi connectivity index (χ1v) is 11.5. The Morgan fingerprint density at radius 2 is 1.89 bits per heavy atom. The fraction of sp³-hybridized carbons (Fsp3) is 0.800. The minimum absolute atomic E-state index is 0.334. The molecule has 3 atom stereocenters. The highest BCUT2D eigenvalue weighted by molar-refractivity contribution is 7.20. The Balaban J connectivity index is 1.30. The molecule has 3 aliphatic rings. The summed E-state index contributed by atoms with van der Waals surface area (Å²) in [6.07, 6.45) is 10.7. The van der Waals surface area contributed by atoms with Crippen LogP contribution >= 0.6 is 11.3 Å². The van der Waals surface area contributed by atoms with Gasteiger partial charge in [-0.25, -0.2) is 9.50 Å². The molecular formula is C20H31N5OS. The number of imidazole rings is 1. The number of nitrogens with zero attached hydrogens (tertiary/aromatic N) is 5. The van der Waals surface area contributed by atoms with Crippen LogP contribution in [0.5, 0.6) is 0 Å². The smallest absolute Gasteiger partial charge is 0.214 e. The molecule has 4 heterocycles. The number of aromatic nitrogens is 3. The number of rotatable bonds is 4. The van der Waals surface area contributed by atoms with E-state index in [0.29, 0.717) is 24.2 Å². The van der Waals surface area contributed by atoms with E-state index in [-0.39, 0.29) is 0 Å². The van der Waals surface area contributed by atoms with Crippen LogP contribution in [-0.4, -0.2) is 63.9 Å². The first-order chi connectivity index (χ1) is 13.2. The predicted octanol–water partition coefficient (Wildman–Crippen LogP) is 3.53. The molecule has 1 saturated carbocycles. The molecule has 5 rings (SSSR count). The first-order valence-electron chi connectivity index (χ1n) is 10.7. The molecule has 3 fully saturated rings. The Hall–Kier alpha value is -1.18. The van der Waals surface area contributed by atoms with E-state index in [9.17, 15) is 0 Å². The number of anilines is 1. The van der Waals surface area contributed by atoms with E-state index in [0.717, 1.165) is 36.3 Å². The molecule has 0 N–H and O–H groups in total. The minimum Gasteiger partial charge on any atom is -0.373 e. The molecule has 0 radical (unpaired) electrons. The van der Waals surface area contributed by atoms with Gasteiger partial charge in [-0.1, -0.05) is 24.2 Å². The molecule has 0 aromatic carbocycles. The molecule has 148 valence electrons. The quantitative estimate of drug-likeness (QED) is 0.801. The molecule has 2 aliphatic heterocycles. The molecule has 2 saturated heterocycles. The molecule has 1 aliphatic carbocycles. The number of morpholine rings is 1. The van der Waals surface area contributed by atoms with Gasteiger partial charge in [0.1, 0.15) is 0 Å². The van der Waals surface area contributed by atoms with E-state index in [1.54, 1.807) is 11.3 Å². The number of hydrogen-bond acceptors (Lipinski definition) is 6. The summed E-state index contributed by atoms with van der Waals surface area (Å²) in [6, 6.07) is 0.563. The van der Waals surface area contributed by atoms with Crippen molar-refractivity contribution in [3.63, 3.8) is 0 Å². The van der Waals surface area contributed by atoms with E-state index in [1.807, 2.05) is 4.52 Å². The summed E-state index contributed by atoms with van der Waals surface area (Å²) in [7, 11) is 0. The average Bonchev–Trinajstić information content (AvgIpc) is 3.37. The average molecular weight is 390 g/mol. The van der Waals surface area contributed by atoms with Crippen LogP contribution in [0.25, 0.3) is 4.96 Å². The highest BCUT2D eigenvalue weighted by atomic mass is 32.1. The summed E-state index contributed by atoms with van der Waals surface area (Å²) in [6.45, 7) is 8.69. The maximum atomic E-state index is 5.90. The maximum Gasteiger partial charge on any atom is 0.214 e. The van der Waals surface area contributed by atoms with Gasteiger partial charge in [-0.15, -0.1) is 5.10 Å². The van der Waals surface area contributed by atoms with Crippen LogP contribution in [0.4, 0.5) is 5.13 Å². The normalized spacial score (nSPS) is 30.7. The maximum absolute atomic E-state index is 5.90. The van der Waals surface area contributed by atoms with Crippen LogP contribution < -0.4 is 4.90 Å². The molecule has 3 unspecified atom stereocenters. The van der Waals surface area contributed by atoms with E-state index in [2.05, 4.69) is 29.8 Å². The standard InChI is InChI=1S/C20H31N5OS/c1-14-10-23(11-15(2)26-14)12-17-8-5-9-24(17)20-22-25-13-18(21-19(25)27-20)16-6-3-4-7-16/h13-17H,3-12H2,1-2H3. The van der Waals surface area contributed by atoms with E-state index < -0.39 is 0 Å². The second kappa shape index (κ2) is 7.33. The van der Waals surface area contributed by atoms with Gasteiger partial charge in [-0.2, -0.15) is 0 Å². The van der Waals surface area contributed by atoms with Crippen molar-refractivity contribution in [3.8, 4) is 0 Å². The first kappa shape index (κ1) is 17.9. The zero-order valence-electron chi connectivity index (χ0n) is 16.5. The third-order valence-corrected chi connectivity index (χ3v) is 7.37. The second-order valence-electron chi connectivity index (χ2n) is 8.72. The summed E-state index contributed by atoms with van der Waals surface area (Å²) in [4.78, 5) is 11.1. The lowest BCUT2D eigenvalue weighted by Crippen LogP contribution is -2.50. The molecule has 0 amide bonds. The van der Waals surface area contributed by atoms with Gasteiger partial charge in [0.05, 0.1) is 24.1 Å². The van der Waals surface area contributed by atoms with Gasteiger partial charge in [0.15, 0.2) is 0 Å². The monoisotopic (exact) mass is 389 g/mol. The van der Waals surface area contributed by atoms with Crippen molar-refractivity contribution in [2.45, 2.75) is 76.5 Å². The summed E-state index contributed by atoms with van der Waals surface area (Å²) in [5, 5.41) is 6.06. The molecule has 7 heteroatoms. The summed E-state index contributed by atoms with van der Waals surface area (Å²) < 4.78 is 7.93. The third kappa shape index (κ3) is 3.61. The van der Waals surface area contributed by atoms with E-state index in [4.69, 9.17) is 14.8 Å². The second-order valence-corrected chi connectivity index (χ2v) is 9.66. The van der Waals surface area contributed by atoms with Gasteiger partial charge < -0.3 is 9.64 Å². The predicted molar refractivity (Wildman–Crippen MR) is 109 cm³/mol. The van der Waals surface area contributed by atoms with Gasteiger partial charge in [-0.05, 0) is 39.5 Å². The summed E-state index contributed by atoms with van der Waals surface area (Å²) in [5.74, 6) is 0.659. The van der Waals surface area contributed by atoms with Crippen molar-refractivity contribution in [1.29, 1.82) is 0 Å². The van der Waals surface area contributed by atoms with Gasteiger partial charge >= 0.3 is 0 Å². The Morgan fingerprint density at radius 1 is 1.11 bits per heavy atom. The number of hydrogen-bond donors (Lipinski definition) is 0. The van der Waals surface area contributed by atoms with Crippen LogP contribution in [0.3, 0.4) is 0 Å². The number of ether oxygens (including phenoxy) is 1. The molecule has 0 spiro atoms. The summed E-state index contributed by atoms with van der Waals surface area (Å²) in [5.41, 5.74) is 1.26. The molecule has 2 aromatic heterocycles. The minimum atomic E-state index is 0.334. The summed E-state index contributed by atoms with van der Waals surface area (Å²) >= 11 is 1.76. The van der Waals surface area contributed by atoms with Gasteiger partial charge in [0.2, 0.25) is 10.1 Å². The fourth-order valence-corrected chi connectivity index (χ4v) is 6.24. The highest BCUT2D eigenvalue weighted by Crippen LogP contribution is 2.36. The highest BCUT2D eigenvalue weighted by Gasteiger charge is 2.32. The lowest BCUT2D eigenvalue weighted by molar-refractivity contribution is -0.0689. The molecule has 6 nitrogen and oxygen atoms in total. The topological polar surface area (TPSA) is 45.9 Å².